The van der Waals surface area contributed by atoms with E-state index in [9.17, 15) is 18.0 Å². The summed E-state index contributed by atoms with van der Waals surface area (Å²) < 4.78 is 39.3. The molecule has 3 rings (SSSR count). The molecule has 0 aliphatic heterocycles. The third kappa shape index (κ3) is 3.85. The predicted octanol–water partition coefficient (Wildman–Crippen LogP) is 3.66. The second-order valence-corrected chi connectivity index (χ2v) is 5.93. The van der Waals surface area contributed by atoms with E-state index in [2.05, 4.69) is 20.8 Å². The van der Waals surface area contributed by atoms with E-state index in [1.54, 1.807) is 24.3 Å². The molecular formula is C16H12F3N5OS. The summed E-state index contributed by atoms with van der Waals surface area (Å²) in [6, 6.07) is 10.8. The summed E-state index contributed by atoms with van der Waals surface area (Å²) in [5.41, 5.74) is 0.425. The topological polar surface area (TPSA) is 72.7 Å². The van der Waals surface area contributed by atoms with E-state index >= 15 is 0 Å². The number of nitrogens with one attached hydrogen (secondary N) is 1. The van der Waals surface area contributed by atoms with Gasteiger partial charge in [-0.1, -0.05) is 17.8 Å². The number of anilines is 1. The van der Waals surface area contributed by atoms with Gasteiger partial charge in [-0.3, -0.25) is 4.79 Å². The zero-order valence-corrected chi connectivity index (χ0v) is 14.2. The molecule has 6 nitrogen and oxygen atoms in total. The molecule has 0 radical (unpaired) electrons. The molecule has 0 atom stereocenters. The van der Waals surface area contributed by atoms with Crippen LogP contribution in [0.1, 0.15) is 15.9 Å². The van der Waals surface area contributed by atoms with Crippen LogP contribution in [0.5, 0.6) is 0 Å². The minimum Gasteiger partial charge on any atom is -0.322 e. The molecule has 3 aromatic rings. The molecule has 1 heterocycles. The van der Waals surface area contributed by atoms with Crippen molar-refractivity contribution in [2.45, 2.75) is 11.3 Å². The van der Waals surface area contributed by atoms with Gasteiger partial charge in [0.25, 0.3) is 5.91 Å². The number of amides is 1. The Hall–Kier alpha value is -2.88. The fourth-order valence-corrected chi connectivity index (χ4v) is 2.63. The van der Waals surface area contributed by atoms with E-state index in [1.807, 2.05) is 6.26 Å². The first-order valence-corrected chi connectivity index (χ1v) is 8.52. The molecule has 0 unspecified atom stereocenters. The SMILES string of the molecule is CSc1nnnn1-c1cccc(NC(=O)c2ccc(C(F)(F)F)cc2)c1. The maximum Gasteiger partial charge on any atom is 0.416 e. The lowest BCUT2D eigenvalue weighted by molar-refractivity contribution is -0.137. The summed E-state index contributed by atoms with van der Waals surface area (Å²) >= 11 is 1.36. The number of thioether (sulfide) groups is 1. The quantitative estimate of drug-likeness (QED) is 0.701. The summed E-state index contributed by atoms with van der Waals surface area (Å²) in [4.78, 5) is 12.3. The van der Waals surface area contributed by atoms with Crippen molar-refractivity contribution in [3.63, 3.8) is 0 Å². The Morgan fingerprint density at radius 3 is 2.54 bits per heavy atom. The lowest BCUT2D eigenvalue weighted by atomic mass is 10.1. The number of tetrazole rings is 1. The van der Waals surface area contributed by atoms with Gasteiger partial charge in [-0.2, -0.15) is 17.9 Å². The average molecular weight is 379 g/mol. The van der Waals surface area contributed by atoms with E-state index < -0.39 is 17.6 Å². The van der Waals surface area contributed by atoms with Gasteiger partial charge in [0.1, 0.15) is 0 Å². The Labute approximate surface area is 150 Å². The second kappa shape index (κ2) is 7.16. The molecule has 2 aromatic carbocycles. The number of alkyl halides is 3. The van der Waals surface area contributed by atoms with Crippen LogP contribution >= 0.6 is 11.8 Å². The number of carbonyl (C=O) groups excluding carboxylic acids is 1. The van der Waals surface area contributed by atoms with Gasteiger partial charge in [0.2, 0.25) is 5.16 Å². The lowest BCUT2D eigenvalue weighted by Gasteiger charge is -2.09. The van der Waals surface area contributed by atoms with E-state index in [-0.39, 0.29) is 5.56 Å². The van der Waals surface area contributed by atoms with Crippen LogP contribution in [0.15, 0.2) is 53.7 Å². The van der Waals surface area contributed by atoms with Gasteiger partial charge in [-0.25, -0.2) is 0 Å². The van der Waals surface area contributed by atoms with Crippen molar-refractivity contribution in [3.05, 3.63) is 59.7 Å². The standard InChI is InChI=1S/C16H12F3N5OS/c1-26-15-21-22-23-24(15)13-4-2-3-12(9-13)20-14(25)10-5-7-11(8-6-10)16(17,18)19/h2-9H,1H3,(H,20,25). The molecule has 0 aliphatic carbocycles. The fourth-order valence-electron chi connectivity index (χ4n) is 2.20. The van der Waals surface area contributed by atoms with Crippen LogP contribution in [0.25, 0.3) is 5.69 Å². The van der Waals surface area contributed by atoms with Gasteiger partial charge in [0.15, 0.2) is 0 Å². The predicted molar refractivity (Wildman–Crippen MR) is 90.3 cm³/mol. The lowest BCUT2D eigenvalue weighted by Crippen LogP contribution is -2.13. The summed E-state index contributed by atoms with van der Waals surface area (Å²) in [6.45, 7) is 0. The van der Waals surface area contributed by atoms with Gasteiger partial charge >= 0.3 is 6.18 Å². The number of hydrogen-bond donors (Lipinski definition) is 1. The van der Waals surface area contributed by atoms with Crippen LogP contribution < -0.4 is 5.32 Å². The zero-order valence-electron chi connectivity index (χ0n) is 13.4. The van der Waals surface area contributed by atoms with E-state index in [0.29, 0.717) is 16.5 Å². The van der Waals surface area contributed by atoms with Crippen molar-refractivity contribution in [2.75, 3.05) is 11.6 Å². The number of nitrogens with zero attached hydrogens (tertiary/aromatic N) is 4. The molecule has 134 valence electrons. The van der Waals surface area contributed by atoms with Gasteiger partial charge in [0.05, 0.1) is 11.3 Å². The highest BCUT2D eigenvalue weighted by Crippen LogP contribution is 2.29. The van der Waals surface area contributed by atoms with E-state index in [4.69, 9.17) is 0 Å². The highest BCUT2D eigenvalue weighted by atomic mass is 32.2. The Morgan fingerprint density at radius 2 is 1.88 bits per heavy atom. The highest BCUT2D eigenvalue weighted by Gasteiger charge is 2.30. The number of aromatic nitrogens is 4. The second-order valence-electron chi connectivity index (χ2n) is 5.16. The smallest absolute Gasteiger partial charge is 0.322 e. The molecule has 0 fully saturated rings. The first-order valence-electron chi connectivity index (χ1n) is 7.30. The molecule has 1 aromatic heterocycles. The van der Waals surface area contributed by atoms with Gasteiger partial charge < -0.3 is 5.32 Å². The fraction of sp³-hybridized carbons (Fsp3) is 0.125. The molecule has 0 bridgehead atoms. The molecule has 26 heavy (non-hydrogen) atoms. The van der Waals surface area contributed by atoms with Crippen molar-refractivity contribution in [3.8, 4) is 5.69 Å². The minimum absolute atomic E-state index is 0.121. The van der Waals surface area contributed by atoms with Crippen LogP contribution in [-0.4, -0.2) is 32.4 Å². The van der Waals surface area contributed by atoms with Gasteiger partial charge in [0, 0.05) is 11.3 Å². The molecule has 0 saturated heterocycles. The third-order valence-corrected chi connectivity index (χ3v) is 4.07. The van der Waals surface area contributed by atoms with E-state index in [1.165, 1.54) is 16.4 Å². The molecule has 0 aliphatic rings. The molecule has 1 N–H and O–H groups in total. The number of carbonyl (C=O) groups is 1. The third-order valence-electron chi connectivity index (χ3n) is 3.45. The van der Waals surface area contributed by atoms with Crippen molar-refractivity contribution < 1.29 is 18.0 Å². The van der Waals surface area contributed by atoms with E-state index in [0.717, 1.165) is 24.3 Å². The van der Waals surface area contributed by atoms with Crippen molar-refractivity contribution in [1.82, 2.24) is 20.2 Å². The normalized spacial score (nSPS) is 11.4. The van der Waals surface area contributed by atoms with Crippen LogP contribution in [0.4, 0.5) is 18.9 Å². The molecular weight excluding hydrogens is 367 g/mol. The average Bonchev–Trinajstić information content (AvgIpc) is 3.10. The number of halogens is 3. The summed E-state index contributed by atoms with van der Waals surface area (Å²) in [7, 11) is 0. The number of rotatable bonds is 4. The number of hydrogen-bond acceptors (Lipinski definition) is 5. The highest BCUT2D eigenvalue weighted by molar-refractivity contribution is 7.98. The van der Waals surface area contributed by atoms with Gasteiger partial charge in [-0.05, 0) is 59.1 Å². The molecule has 0 saturated carbocycles. The van der Waals surface area contributed by atoms with Crippen molar-refractivity contribution >= 4 is 23.4 Å². The maximum absolute atomic E-state index is 12.6. The Balaban J connectivity index is 1.79. The van der Waals surface area contributed by atoms with Crippen molar-refractivity contribution in [1.29, 1.82) is 0 Å². The summed E-state index contributed by atoms with van der Waals surface area (Å²) in [5, 5.41) is 14.6. The Morgan fingerprint density at radius 1 is 1.15 bits per heavy atom. The molecule has 1 amide bonds. The first-order chi connectivity index (χ1) is 12.4. The number of benzene rings is 2. The first kappa shape index (κ1) is 17.9. The zero-order chi connectivity index (χ0) is 18.7. The molecule has 0 spiro atoms. The summed E-state index contributed by atoms with van der Waals surface area (Å²) in [5.74, 6) is -0.516. The monoisotopic (exact) mass is 379 g/mol. The van der Waals surface area contributed by atoms with Crippen LogP contribution in [0.3, 0.4) is 0 Å². The van der Waals surface area contributed by atoms with Gasteiger partial charge in [-0.15, -0.1) is 5.10 Å². The Bertz CT molecular complexity index is 924. The Kier molecular flexibility index (Phi) is 4.94. The maximum atomic E-state index is 12.6. The molecule has 10 heteroatoms. The van der Waals surface area contributed by atoms with Crippen LogP contribution in [0, 0.1) is 0 Å². The van der Waals surface area contributed by atoms with Crippen molar-refractivity contribution in [2.24, 2.45) is 0 Å². The minimum atomic E-state index is -4.44. The largest absolute Gasteiger partial charge is 0.416 e. The van der Waals surface area contributed by atoms with Crippen LogP contribution in [-0.2, 0) is 6.18 Å². The summed E-state index contributed by atoms with van der Waals surface area (Å²) in [6.07, 6.45) is -2.61. The van der Waals surface area contributed by atoms with Crippen LogP contribution in [0.2, 0.25) is 0 Å².